The van der Waals surface area contributed by atoms with Crippen molar-refractivity contribution >= 4 is 17.7 Å². The first-order chi connectivity index (χ1) is 8.62. The van der Waals surface area contributed by atoms with Gasteiger partial charge in [0.15, 0.2) is 0 Å². The van der Waals surface area contributed by atoms with E-state index >= 15 is 0 Å². The van der Waals surface area contributed by atoms with Crippen molar-refractivity contribution < 1.29 is 9.90 Å². The van der Waals surface area contributed by atoms with Gasteiger partial charge >= 0.3 is 0 Å². The van der Waals surface area contributed by atoms with E-state index in [9.17, 15) is 9.90 Å². The molecule has 0 saturated heterocycles. The number of hydrogen-bond acceptors (Lipinski definition) is 3. The molecule has 1 rings (SSSR count). The lowest BCUT2D eigenvalue weighted by molar-refractivity contribution is -0.121. The van der Waals surface area contributed by atoms with Crippen LogP contribution in [-0.4, -0.2) is 29.1 Å². The van der Waals surface area contributed by atoms with Crippen molar-refractivity contribution in [3.8, 4) is 0 Å². The van der Waals surface area contributed by atoms with Gasteiger partial charge in [0.1, 0.15) is 0 Å². The molecule has 2 unspecified atom stereocenters. The lowest BCUT2D eigenvalue weighted by Crippen LogP contribution is -2.35. The zero-order valence-electron chi connectivity index (χ0n) is 11.1. The highest BCUT2D eigenvalue weighted by Gasteiger charge is 2.17. The number of aliphatic hydroxyl groups excluding tert-OH is 1. The van der Waals surface area contributed by atoms with Crippen LogP contribution in [0.4, 0.5) is 0 Å². The van der Waals surface area contributed by atoms with Gasteiger partial charge in [-0.15, -0.1) is 0 Å². The summed E-state index contributed by atoms with van der Waals surface area (Å²) in [5, 5.41) is 12.1. The fraction of sp³-hybridized carbons (Fsp3) is 0.500. The topological polar surface area (TPSA) is 49.3 Å². The average Bonchev–Trinajstić information content (AvgIpc) is 2.43. The third kappa shape index (κ3) is 4.03. The van der Waals surface area contributed by atoms with Crippen LogP contribution >= 0.6 is 11.8 Å². The van der Waals surface area contributed by atoms with Crippen LogP contribution in [0.15, 0.2) is 24.3 Å². The van der Waals surface area contributed by atoms with Crippen LogP contribution in [0.1, 0.15) is 31.0 Å². The Balaban J connectivity index is 2.73. The molecule has 0 fully saturated rings. The van der Waals surface area contributed by atoms with Gasteiger partial charge < -0.3 is 10.4 Å². The van der Waals surface area contributed by atoms with Gasteiger partial charge in [0.25, 0.3) is 0 Å². The molecular formula is C14H21NO2S. The van der Waals surface area contributed by atoms with Crippen LogP contribution < -0.4 is 5.32 Å². The van der Waals surface area contributed by atoms with Crippen LogP contribution in [0.25, 0.3) is 0 Å². The summed E-state index contributed by atoms with van der Waals surface area (Å²) in [6, 6.07) is 7.66. The van der Waals surface area contributed by atoms with E-state index in [1.54, 1.807) is 0 Å². The molecule has 1 aromatic carbocycles. The van der Waals surface area contributed by atoms with Gasteiger partial charge in [0, 0.05) is 0 Å². The molecule has 0 aliphatic rings. The number of carbonyl (C=O) groups is 1. The largest absolute Gasteiger partial charge is 0.394 e. The fourth-order valence-electron chi connectivity index (χ4n) is 1.62. The van der Waals surface area contributed by atoms with E-state index in [-0.39, 0.29) is 23.8 Å². The smallest absolute Gasteiger partial charge is 0.233 e. The van der Waals surface area contributed by atoms with Gasteiger partial charge in [-0.3, -0.25) is 4.79 Å². The molecule has 18 heavy (non-hydrogen) atoms. The van der Waals surface area contributed by atoms with E-state index in [4.69, 9.17) is 0 Å². The Morgan fingerprint density at radius 2 is 2.00 bits per heavy atom. The molecule has 0 radical (unpaired) electrons. The normalized spacial score (nSPS) is 14.0. The number of amides is 1. The third-order valence-electron chi connectivity index (χ3n) is 3.01. The predicted molar refractivity (Wildman–Crippen MR) is 76.8 cm³/mol. The van der Waals surface area contributed by atoms with E-state index < -0.39 is 0 Å². The second-order valence-electron chi connectivity index (χ2n) is 4.22. The molecule has 0 aliphatic carbocycles. The summed E-state index contributed by atoms with van der Waals surface area (Å²) < 4.78 is 0. The standard InChI is InChI=1S/C14H21NO2S/c1-4-11-5-7-12(8-6-11)13(9-16)15-14(17)10(2)18-3/h5-8,10,13,16H,4,9H2,1-3H3,(H,15,17). The molecule has 100 valence electrons. The fourth-order valence-corrected chi connectivity index (χ4v) is 1.90. The van der Waals surface area contributed by atoms with Crippen molar-refractivity contribution in [2.24, 2.45) is 0 Å². The summed E-state index contributed by atoms with van der Waals surface area (Å²) in [6.45, 7) is 3.87. The Labute approximate surface area is 113 Å². The van der Waals surface area contributed by atoms with Crippen molar-refractivity contribution in [3.63, 3.8) is 0 Å². The number of nitrogens with one attached hydrogen (secondary N) is 1. The third-order valence-corrected chi connectivity index (χ3v) is 3.93. The molecule has 0 saturated carbocycles. The molecule has 0 aromatic heterocycles. The van der Waals surface area contributed by atoms with Crippen LogP contribution in [0.3, 0.4) is 0 Å². The van der Waals surface area contributed by atoms with E-state index in [2.05, 4.69) is 12.2 Å². The highest BCUT2D eigenvalue weighted by atomic mass is 32.2. The summed E-state index contributed by atoms with van der Waals surface area (Å²) in [5.41, 5.74) is 2.19. The Morgan fingerprint density at radius 3 is 2.44 bits per heavy atom. The maximum absolute atomic E-state index is 11.8. The zero-order chi connectivity index (χ0) is 13.5. The zero-order valence-corrected chi connectivity index (χ0v) is 12.0. The van der Waals surface area contributed by atoms with Crippen LogP contribution in [0.2, 0.25) is 0 Å². The number of aryl methyl sites for hydroxylation is 1. The number of aliphatic hydroxyl groups is 1. The minimum atomic E-state index is -0.321. The van der Waals surface area contributed by atoms with Crippen molar-refractivity contribution in [3.05, 3.63) is 35.4 Å². The first-order valence-electron chi connectivity index (χ1n) is 6.15. The molecule has 0 aliphatic heterocycles. The SMILES string of the molecule is CCc1ccc(C(CO)NC(=O)C(C)SC)cc1. The Bertz CT molecular complexity index is 378. The Morgan fingerprint density at radius 1 is 1.39 bits per heavy atom. The van der Waals surface area contributed by atoms with E-state index in [0.29, 0.717) is 0 Å². The van der Waals surface area contributed by atoms with Crippen LogP contribution in [0, 0.1) is 0 Å². The quantitative estimate of drug-likeness (QED) is 0.830. The molecular weight excluding hydrogens is 246 g/mol. The first kappa shape index (κ1) is 15.1. The second-order valence-corrected chi connectivity index (χ2v) is 5.40. The predicted octanol–water partition coefficient (Wildman–Crippen LogP) is 2.15. The molecule has 2 atom stereocenters. The maximum Gasteiger partial charge on any atom is 0.233 e. The summed E-state index contributed by atoms with van der Waals surface area (Å²) >= 11 is 1.49. The lowest BCUT2D eigenvalue weighted by Gasteiger charge is -2.19. The second kappa shape index (κ2) is 7.44. The van der Waals surface area contributed by atoms with Crippen LogP contribution in [-0.2, 0) is 11.2 Å². The van der Waals surface area contributed by atoms with Crippen molar-refractivity contribution in [1.29, 1.82) is 0 Å². The van der Waals surface area contributed by atoms with E-state index in [0.717, 1.165) is 12.0 Å². The monoisotopic (exact) mass is 267 g/mol. The summed E-state index contributed by atoms with van der Waals surface area (Å²) in [7, 11) is 0. The number of thioether (sulfide) groups is 1. The molecule has 1 amide bonds. The number of carbonyl (C=O) groups excluding carboxylic acids is 1. The summed E-state index contributed by atoms with van der Waals surface area (Å²) in [4.78, 5) is 11.8. The minimum Gasteiger partial charge on any atom is -0.394 e. The highest BCUT2D eigenvalue weighted by molar-refractivity contribution is 7.99. The van der Waals surface area contributed by atoms with Gasteiger partial charge in [0.05, 0.1) is 17.9 Å². The summed E-state index contributed by atoms with van der Waals surface area (Å²) in [5.74, 6) is -0.0406. The van der Waals surface area contributed by atoms with Gasteiger partial charge in [-0.25, -0.2) is 0 Å². The van der Waals surface area contributed by atoms with Gasteiger partial charge in [-0.05, 0) is 30.7 Å². The van der Waals surface area contributed by atoms with Crippen molar-refractivity contribution in [1.82, 2.24) is 5.32 Å². The lowest BCUT2D eigenvalue weighted by atomic mass is 10.0. The van der Waals surface area contributed by atoms with Gasteiger partial charge in [-0.2, -0.15) is 11.8 Å². The molecule has 4 heteroatoms. The Hall–Kier alpha value is -1.00. The molecule has 0 spiro atoms. The maximum atomic E-state index is 11.8. The van der Waals surface area contributed by atoms with Crippen LogP contribution in [0.5, 0.6) is 0 Å². The highest BCUT2D eigenvalue weighted by Crippen LogP contribution is 2.15. The molecule has 0 heterocycles. The molecule has 0 bridgehead atoms. The molecule has 2 N–H and O–H groups in total. The summed E-state index contributed by atoms with van der Waals surface area (Å²) in [6.07, 6.45) is 2.88. The van der Waals surface area contributed by atoms with Crippen molar-refractivity contribution in [2.45, 2.75) is 31.6 Å². The van der Waals surface area contributed by atoms with Gasteiger partial charge in [-0.1, -0.05) is 31.2 Å². The molecule has 1 aromatic rings. The first-order valence-corrected chi connectivity index (χ1v) is 7.44. The Kier molecular flexibility index (Phi) is 6.22. The van der Waals surface area contributed by atoms with E-state index in [1.165, 1.54) is 17.3 Å². The molecule has 3 nitrogen and oxygen atoms in total. The van der Waals surface area contributed by atoms with E-state index in [1.807, 2.05) is 37.4 Å². The van der Waals surface area contributed by atoms with Crippen molar-refractivity contribution in [2.75, 3.05) is 12.9 Å². The van der Waals surface area contributed by atoms with Gasteiger partial charge in [0.2, 0.25) is 5.91 Å². The number of rotatable bonds is 6. The minimum absolute atomic E-state index is 0.0406. The number of benzene rings is 1. The average molecular weight is 267 g/mol. The number of hydrogen-bond donors (Lipinski definition) is 2.